The lowest BCUT2D eigenvalue weighted by Gasteiger charge is -2.06. The number of aliphatic hydroxyl groups is 1. The van der Waals surface area contributed by atoms with Crippen LogP contribution in [-0.2, 0) is 5.75 Å². The number of aliphatic hydroxyl groups excluding tert-OH is 1. The molecule has 2 rings (SSSR count). The van der Waals surface area contributed by atoms with Crippen LogP contribution in [0.15, 0.2) is 24.3 Å². The summed E-state index contributed by atoms with van der Waals surface area (Å²) >= 11 is 7.97. The molecular formula is C14H16ClNOS. The molecule has 0 aliphatic carbocycles. The van der Waals surface area contributed by atoms with E-state index in [1.807, 2.05) is 13.0 Å². The summed E-state index contributed by atoms with van der Waals surface area (Å²) in [6.07, 6.45) is 0.822. The van der Waals surface area contributed by atoms with Gasteiger partial charge < -0.3 is 5.11 Å². The van der Waals surface area contributed by atoms with Crippen LogP contribution in [0.5, 0.6) is 0 Å². The van der Waals surface area contributed by atoms with E-state index in [0.29, 0.717) is 5.15 Å². The van der Waals surface area contributed by atoms with Crippen molar-refractivity contribution in [3.05, 3.63) is 40.5 Å². The molecule has 1 heterocycles. The number of benzene rings is 1. The molecule has 0 amide bonds. The topological polar surface area (TPSA) is 33.1 Å². The van der Waals surface area contributed by atoms with E-state index in [0.717, 1.165) is 34.4 Å². The van der Waals surface area contributed by atoms with Crippen molar-refractivity contribution in [3.63, 3.8) is 0 Å². The van der Waals surface area contributed by atoms with Gasteiger partial charge in [-0.1, -0.05) is 23.7 Å². The molecule has 0 saturated carbocycles. The zero-order chi connectivity index (χ0) is 13.0. The Labute approximate surface area is 116 Å². The first-order valence-electron chi connectivity index (χ1n) is 5.95. The summed E-state index contributed by atoms with van der Waals surface area (Å²) in [7, 11) is 0. The number of pyridine rings is 1. The van der Waals surface area contributed by atoms with Crippen molar-refractivity contribution in [3.8, 4) is 0 Å². The maximum Gasteiger partial charge on any atom is 0.133 e. The Morgan fingerprint density at radius 2 is 2.17 bits per heavy atom. The van der Waals surface area contributed by atoms with E-state index in [4.69, 9.17) is 16.7 Å². The van der Waals surface area contributed by atoms with E-state index in [9.17, 15) is 0 Å². The molecule has 0 bridgehead atoms. The van der Waals surface area contributed by atoms with E-state index >= 15 is 0 Å². The number of aryl methyl sites for hydroxylation is 1. The average Bonchev–Trinajstić information content (AvgIpc) is 2.35. The summed E-state index contributed by atoms with van der Waals surface area (Å²) in [5, 5.41) is 10.4. The van der Waals surface area contributed by atoms with Gasteiger partial charge in [0.2, 0.25) is 0 Å². The third kappa shape index (κ3) is 3.37. The Morgan fingerprint density at radius 1 is 1.33 bits per heavy atom. The number of nitrogens with zero attached hydrogens (tertiary/aromatic N) is 1. The maximum absolute atomic E-state index is 8.73. The van der Waals surface area contributed by atoms with Crippen molar-refractivity contribution in [1.82, 2.24) is 4.98 Å². The molecule has 1 aromatic heterocycles. The summed E-state index contributed by atoms with van der Waals surface area (Å²) in [5.41, 5.74) is 3.20. The molecule has 0 aliphatic rings. The van der Waals surface area contributed by atoms with Crippen LogP contribution in [0, 0.1) is 6.92 Å². The second-order valence-electron chi connectivity index (χ2n) is 4.26. The fourth-order valence-electron chi connectivity index (χ4n) is 1.75. The van der Waals surface area contributed by atoms with E-state index in [1.165, 1.54) is 5.56 Å². The molecule has 0 unspecified atom stereocenters. The van der Waals surface area contributed by atoms with Gasteiger partial charge in [0.1, 0.15) is 5.15 Å². The number of rotatable bonds is 5. The second-order valence-corrected chi connectivity index (χ2v) is 5.73. The molecule has 2 aromatic rings. The molecule has 0 radical (unpaired) electrons. The zero-order valence-corrected chi connectivity index (χ0v) is 11.9. The fraction of sp³-hybridized carbons (Fsp3) is 0.357. The normalized spacial score (nSPS) is 11.1. The predicted octanol–water partition coefficient (Wildman–Crippen LogP) is 3.81. The Kier molecular flexibility index (Phi) is 4.87. The smallest absolute Gasteiger partial charge is 0.133 e. The van der Waals surface area contributed by atoms with Crippen LogP contribution >= 0.6 is 23.4 Å². The van der Waals surface area contributed by atoms with Crippen LogP contribution in [0.2, 0.25) is 5.15 Å². The van der Waals surface area contributed by atoms with E-state index < -0.39 is 0 Å². The number of fused-ring (bicyclic) bond motifs is 1. The molecule has 0 saturated heterocycles. The third-order valence-electron chi connectivity index (χ3n) is 2.70. The van der Waals surface area contributed by atoms with Crippen molar-refractivity contribution in [2.45, 2.75) is 19.1 Å². The number of hydrogen-bond donors (Lipinski definition) is 1. The quantitative estimate of drug-likeness (QED) is 0.668. The molecule has 18 heavy (non-hydrogen) atoms. The molecule has 0 aliphatic heterocycles. The molecule has 96 valence electrons. The predicted molar refractivity (Wildman–Crippen MR) is 79.4 cm³/mol. The minimum absolute atomic E-state index is 0.246. The van der Waals surface area contributed by atoms with Gasteiger partial charge >= 0.3 is 0 Å². The molecular weight excluding hydrogens is 266 g/mol. The van der Waals surface area contributed by atoms with Gasteiger partial charge in [0, 0.05) is 23.3 Å². The Morgan fingerprint density at radius 3 is 2.94 bits per heavy atom. The summed E-state index contributed by atoms with van der Waals surface area (Å²) < 4.78 is 0. The second kappa shape index (κ2) is 6.41. The highest BCUT2D eigenvalue weighted by atomic mass is 35.5. The fourth-order valence-corrected chi connectivity index (χ4v) is 2.96. The van der Waals surface area contributed by atoms with Gasteiger partial charge in [-0.15, -0.1) is 0 Å². The van der Waals surface area contributed by atoms with E-state index in [-0.39, 0.29) is 6.61 Å². The number of hydrogen-bond acceptors (Lipinski definition) is 3. The highest BCUT2D eigenvalue weighted by Gasteiger charge is 2.05. The molecule has 1 N–H and O–H groups in total. The first-order valence-corrected chi connectivity index (χ1v) is 7.48. The molecule has 4 heteroatoms. The van der Waals surface area contributed by atoms with Gasteiger partial charge in [-0.2, -0.15) is 11.8 Å². The van der Waals surface area contributed by atoms with E-state index in [1.54, 1.807) is 11.8 Å². The molecule has 0 spiro atoms. The van der Waals surface area contributed by atoms with Crippen molar-refractivity contribution in [2.75, 3.05) is 12.4 Å². The van der Waals surface area contributed by atoms with Gasteiger partial charge in [-0.3, -0.25) is 0 Å². The van der Waals surface area contributed by atoms with Crippen LogP contribution in [0.3, 0.4) is 0 Å². The van der Waals surface area contributed by atoms with Gasteiger partial charge in [-0.25, -0.2) is 4.98 Å². The van der Waals surface area contributed by atoms with E-state index in [2.05, 4.69) is 23.2 Å². The zero-order valence-electron chi connectivity index (χ0n) is 10.3. The highest BCUT2D eigenvalue weighted by molar-refractivity contribution is 7.98. The SMILES string of the molecule is Cc1ccc2cc(CSCCCO)c(Cl)nc2c1. The summed E-state index contributed by atoms with van der Waals surface area (Å²) in [5.74, 6) is 1.79. The van der Waals surface area contributed by atoms with Crippen LogP contribution in [0.1, 0.15) is 17.5 Å². The van der Waals surface area contributed by atoms with Crippen molar-refractivity contribution >= 4 is 34.3 Å². The average molecular weight is 282 g/mol. The van der Waals surface area contributed by atoms with Crippen LogP contribution < -0.4 is 0 Å². The lowest BCUT2D eigenvalue weighted by atomic mass is 10.1. The van der Waals surface area contributed by atoms with Crippen LogP contribution in [0.4, 0.5) is 0 Å². The molecule has 2 nitrogen and oxygen atoms in total. The van der Waals surface area contributed by atoms with Gasteiger partial charge in [-0.05, 0) is 36.8 Å². The lowest BCUT2D eigenvalue weighted by molar-refractivity contribution is 0.296. The number of halogens is 1. The third-order valence-corrected chi connectivity index (χ3v) is 4.12. The summed E-state index contributed by atoms with van der Waals surface area (Å²) in [4.78, 5) is 4.44. The summed E-state index contributed by atoms with van der Waals surface area (Å²) in [6, 6.07) is 8.32. The van der Waals surface area contributed by atoms with Crippen molar-refractivity contribution in [1.29, 1.82) is 0 Å². The van der Waals surface area contributed by atoms with Crippen molar-refractivity contribution < 1.29 is 5.11 Å². The Hall–Kier alpha value is -0.770. The van der Waals surface area contributed by atoms with Crippen LogP contribution in [0.25, 0.3) is 10.9 Å². The largest absolute Gasteiger partial charge is 0.396 e. The monoisotopic (exact) mass is 281 g/mol. The first kappa shape index (κ1) is 13.7. The van der Waals surface area contributed by atoms with Crippen molar-refractivity contribution in [2.24, 2.45) is 0 Å². The molecule has 0 fully saturated rings. The molecule has 0 atom stereocenters. The van der Waals surface area contributed by atoms with Gasteiger partial charge in [0.25, 0.3) is 0 Å². The molecule has 1 aromatic carbocycles. The standard InChI is InChI=1S/C14H16ClNOS/c1-10-3-4-11-8-12(9-18-6-2-5-17)14(15)16-13(11)7-10/h3-4,7-8,17H,2,5-6,9H2,1H3. The highest BCUT2D eigenvalue weighted by Crippen LogP contribution is 2.25. The first-order chi connectivity index (χ1) is 8.70. The number of thioether (sulfide) groups is 1. The lowest BCUT2D eigenvalue weighted by Crippen LogP contribution is -1.91. The number of aromatic nitrogens is 1. The Bertz CT molecular complexity index is 545. The minimum atomic E-state index is 0.246. The minimum Gasteiger partial charge on any atom is -0.396 e. The maximum atomic E-state index is 8.73. The van der Waals surface area contributed by atoms with Crippen LogP contribution in [-0.4, -0.2) is 22.5 Å². The summed E-state index contributed by atoms with van der Waals surface area (Å²) in [6.45, 7) is 2.30. The Balaban J connectivity index is 2.18. The van der Waals surface area contributed by atoms with Gasteiger partial charge in [0.15, 0.2) is 0 Å². The van der Waals surface area contributed by atoms with Gasteiger partial charge in [0.05, 0.1) is 5.52 Å².